The van der Waals surface area contributed by atoms with Crippen LogP contribution in [0.15, 0.2) is 54.6 Å². The van der Waals surface area contributed by atoms with Gasteiger partial charge in [-0.15, -0.1) is 0 Å². The van der Waals surface area contributed by atoms with Gasteiger partial charge in [-0.05, 0) is 38.1 Å². The lowest BCUT2D eigenvalue weighted by atomic mass is 10.1. The highest BCUT2D eigenvalue weighted by Crippen LogP contribution is 2.18. The number of esters is 1. The zero-order valence-electron chi connectivity index (χ0n) is 14.4. The maximum Gasteiger partial charge on any atom is 0.463 e. The number of ether oxygens (including phenoxy) is 1. The van der Waals surface area contributed by atoms with E-state index in [9.17, 15) is 14.4 Å². The average Bonchev–Trinajstić information content (AvgIpc) is 2.64. The van der Waals surface area contributed by atoms with Crippen LogP contribution in [0.2, 0.25) is 0 Å². The number of benzene rings is 2. The van der Waals surface area contributed by atoms with E-state index in [1.54, 1.807) is 49.4 Å². The van der Waals surface area contributed by atoms with Gasteiger partial charge >= 0.3 is 17.6 Å². The highest BCUT2D eigenvalue weighted by atomic mass is 16.5. The molecule has 0 bridgehead atoms. The standard InChI is InChI=1S/C19H17N3O4/c1-3-26-19(25)16(21-20)18(24)22(15-7-5-4-6-8-15)17(23)14-11-9-13(2)10-12-14/h4-12H,3H2,1-2H3. The molecule has 132 valence electrons. The van der Waals surface area contributed by atoms with E-state index in [0.717, 1.165) is 10.5 Å². The quantitative estimate of drug-likeness (QED) is 0.271. The minimum atomic E-state index is -1.11. The number of carbonyl (C=O) groups is 3. The number of hydrogen-bond acceptors (Lipinski definition) is 4. The number of rotatable bonds is 5. The van der Waals surface area contributed by atoms with Crippen molar-refractivity contribution in [3.05, 3.63) is 71.3 Å². The first-order valence-corrected chi connectivity index (χ1v) is 7.89. The van der Waals surface area contributed by atoms with Crippen LogP contribution in [0.3, 0.4) is 0 Å². The maximum atomic E-state index is 12.9. The first-order chi connectivity index (χ1) is 12.5. The molecule has 0 unspecified atom stereocenters. The molecule has 7 heteroatoms. The Morgan fingerprint density at radius 3 is 2.19 bits per heavy atom. The average molecular weight is 351 g/mol. The zero-order chi connectivity index (χ0) is 19.1. The van der Waals surface area contributed by atoms with Gasteiger partial charge in [0.15, 0.2) is 0 Å². The van der Waals surface area contributed by atoms with Crippen molar-refractivity contribution in [2.24, 2.45) is 0 Å². The Morgan fingerprint density at radius 2 is 1.65 bits per heavy atom. The van der Waals surface area contributed by atoms with E-state index < -0.39 is 23.5 Å². The summed E-state index contributed by atoms with van der Waals surface area (Å²) in [5.41, 5.74) is 9.65. The van der Waals surface area contributed by atoms with Gasteiger partial charge in [-0.1, -0.05) is 35.9 Å². The minimum absolute atomic E-state index is 0.0115. The fourth-order valence-electron chi connectivity index (χ4n) is 2.21. The predicted molar refractivity (Wildman–Crippen MR) is 94.7 cm³/mol. The van der Waals surface area contributed by atoms with Crippen LogP contribution in [-0.4, -0.2) is 34.9 Å². The van der Waals surface area contributed by atoms with E-state index in [-0.39, 0.29) is 17.9 Å². The molecule has 0 fully saturated rings. The summed E-state index contributed by atoms with van der Waals surface area (Å²) < 4.78 is 4.71. The summed E-state index contributed by atoms with van der Waals surface area (Å²) in [7, 11) is 0. The molecule has 2 aromatic rings. The molecule has 2 rings (SSSR count). The summed E-state index contributed by atoms with van der Waals surface area (Å²) in [6.45, 7) is 3.40. The van der Waals surface area contributed by atoms with Crippen molar-refractivity contribution in [3.8, 4) is 0 Å². The van der Waals surface area contributed by atoms with E-state index in [1.807, 2.05) is 6.92 Å². The zero-order valence-corrected chi connectivity index (χ0v) is 14.4. The fraction of sp³-hybridized carbons (Fsp3) is 0.158. The molecule has 7 nitrogen and oxygen atoms in total. The van der Waals surface area contributed by atoms with Gasteiger partial charge in [0.25, 0.3) is 5.91 Å². The molecular weight excluding hydrogens is 334 g/mol. The van der Waals surface area contributed by atoms with Crippen LogP contribution in [0.5, 0.6) is 0 Å². The van der Waals surface area contributed by atoms with E-state index in [1.165, 1.54) is 12.1 Å². The van der Waals surface area contributed by atoms with Crippen molar-refractivity contribution in [1.82, 2.24) is 0 Å². The molecule has 0 N–H and O–H groups in total. The molecule has 0 aliphatic carbocycles. The van der Waals surface area contributed by atoms with Crippen LogP contribution in [0.1, 0.15) is 22.8 Å². The summed E-state index contributed by atoms with van der Waals surface area (Å²) in [4.78, 5) is 41.1. The number of nitrogens with zero attached hydrogens (tertiary/aromatic N) is 3. The molecule has 0 aromatic heterocycles. The van der Waals surface area contributed by atoms with Crippen molar-refractivity contribution in [2.75, 3.05) is 11.5 Å². The van der Waals surface area contributed by atoms with Gasteiger partial charge in [0.1, 0.15) is 0 Å². The highest BCUT2D eigenvalue weighted by Gasteiger charge is 2.39. The van der Waals surface area contributed by atoms with Crippen LogP contribution in [0, 0.1) is 6.92 Å². The second kappa shape index (κ2) is 8.50. The number of para-hydroxylation sites is 1. The van der Waals surface area contributed by atoms with E-state index in [0.29, 0.717) is 0 Å². The van der Waals surface area contributed by atoms with Gasteiger partial charge in [0, 0.05) is 5.56 Å². The largest absolute Gasteiger partial charge is 0.463 e. The maximum absolute atomic E-state index is 12.9. The highest BCUT2D eigenvalue weighted by molar-refractivity contribution is 6.66. The van der Waals surface area contributed by atoms with Gasteiger partial charge in [0.05, 0.1) is 12.3 Å². The molecule has 0 spiro atoms. The van der Waals surface area contributed by atoms with Crippen molar-refractivity contribution in [2.45, 2.75) is 13.8 Å². The minimum Gasteiger partial charge on any atom is -0.457 e. The van der Waals surface area contributed by atoms with Gasteiger partial charge in [-0.2, -0.15) is 4.79 Å². The fourth-order valence-corrected chi connectivity index (χ4v) is 2.21. The SMILES string of the molecule is CCOC(=O)C(=[N+]=[N-])C(=O)N(C(=O)c1ccc(C)cc1)c1ccccc1. The van der Waals surface area contributed by atoms with Gasteiger partial charge in [-0.3, -0.25) is 9.59 Å². The number of imide groups is 1. The van der Waals surface area contributed by atoms with Crippen LogP contribution in [0.25, 0.3) is 5.53 Å². The van der Waals surface area contributed by atoms with Crippen LogP contribution in [0.4, 0.5) is 5.69 Å². The second-order valence-electron chi connectivity index (χ2n) is 5.32. The van der Waals surface area contributed by atoms with Crippen molar-refractivity contribution >= 4 is 29.2 Å². The van der Waals surface area contributed by atoms with Crippen LogP contribution in [-0.2, 0) is 14.3 Å². The summed E-state index contributed by atoms with van der Waals surface area (Å²) >= 11 is 0. The number of anilines is 1. The molecule has 0 atom stereocenters. The topological polar surface area (TPSA) is 100 Å². The molecular formula is C19H17N3O4. The number of amides is 2. The Hall–Kier alpha value is -3.57. The predicted octanol–water partition coefficient (Wildman–Crippen LogP) is 2.40. The lowest BCUT2D eigenvalue weighted by Gasteiger charge is -2.19. The van der Waals surface area contributed by atoms with Crippen LogP contribution < -0.4 is 4.90 Å². The normalized spacial score (nSPS) is 9.77. The first kappa shape index (κ1) is 18.8. The second-order valence-corrected chi connectivity index (χ2v) is 5.32. The third kappa shape index (κ3) is 4.09. The summed E-state index contributed by atoms with van der Waals surface area (Å²) in [6.07, 6.45) is 0. The van der Waals surface area contributed by atoms with Gasteiger partial charge in [0.2, 0.25) is 0 Å². The summed E-state index contributed by atoms with van der Waals surface area (Å²) in [6, 6.07) is 14.7. The third-order valence-corrected chi connectivity index (χ3v) is 3.49. The molecule has 26 heavy (non-hydrogen) atoms. The molecule has 2 amide bonds. The Kier molecular flexibility index (Phi) is 6.14. The van der Waals surface area contributed by atoms with E-state index >= 15 is 0 Å². The molecule has 0 saturated heterocycles. The number of hydrogen-bond donors (Lipinski definition) is 0. The molecule has 0 saturated carbocycles. The molecule has 0 aliphatic rings. The number of aryl methyl sites for hydroxylation is 1. The summed E-state index contributed by atoms with van der Waals surface area (Å²) in [5.74, 6) is -2.85. The van der Waals surface area contributed by atoms with Crippen LogP contribution >= 0.6 is 0 Å². The van der Waals surface area contributed by atoms with Gasteiger partial charge in [-0.25, -0.2) is 9.69 Å². The number of carbonyl (C=O) groups excluding carboxylic acids is 3. The third-order valence-electron chi connectivity index (χ3n) is 3.49. The lowest BCUT2D eigenvalue weighted by Crippen LogP contribution is -2.45. The summed E-state index contributed by atoms with van der Waals surface area (Å²) in [5, 5.41) is 0. The monoisotopic (exact) mass is 351 g/mol. The Balaban J connectivity index is 2.49. The van der Waals surface area contributed by atoms with Crippen molar-refractivity contribution in [3.63, 3.8) is 0 Å². The molecule has 0 radical (unpaired) electrons. The lowest BCUT2D eigenvalue weighted by molar-refractivity contribution is -0.141. The first-order valence-electron chi connectivity index (χ1n) is 7.89. The molecule has 0 aliphatic heterocycles. The van der Waals surface area contributed by atoms with Crippen molar-refractivity contribution in [1.29, 1.82) is 0 Å². The smallest absolute Gasteiger partial charge is 0.457 e. The Morgan fingerprint density at radius 1 is 1.04 bits per heavy atom. The molecule has 0 heterocycles. The van der Waals surface area contributed by atoms with E-state index in [4.69, 9.17) is 10.3 Å². The Labute approximate surface area is 150 Å². The van der Waals surface area contributed by atoms with E-state index in [2.05, 4.69) is 4.79 Å². The Bertz CT molecular complexity index is 869. The van der Waals surface area contributed by atoms with Crippen molar-refractivity contribution < 1.29 is 23.9 Å². The van der Waals surface area contributed by atoms with Gasteiger partial charge < -0.3 is 10.3 Å². The molecule has 2 aromatic carbocycles.